The first-order chi connectivity index (χ1) is 16.5. The first kappa shape index (κ1) is 24.1. The van der Waals surface area contributed by atoms with Gasteiger partial charge in [-0.2, -0.15) is 0 Å². The van der Waals surface area contributed by atoms with Crippen LogP contribution in [0, 0.1) is 0 Å². The van der Waals surface area contributed by atoms with E-state index in [1.54, 1.807) is 55.6 Å². The van der Waals surface area contributed by atoms with Gasteiger partial charge < -0.3 is 29.6 Å². The second kappa shape index (κ2) is 11.9. The summed E-state index contributed by atoms with van der Waals surface area (Å²) in [5, 5.41) is 5.33. The summed E-state index contributed by atoms with van der Waals surface area (Å²) in [6.07, 6.45) is 0. The molecule has 0 aliphatic rings. The van der Waals surface area contributed by atoms with Crippen molar-refractivity contribution in [2.24, 2.45) is 0 Å². The maximum atomic E-state index is 12.2. The normalized spacial score (nSPS) is 10.1. The lowest BCUT2D eigenvalue weighted by Crippen LogP contribution is -2.21. The Labute approximate surface area is 196 Å². The molecule has 9 heteroatoms. The van der Waals surface area contributed by atoms with Crippen molar-refractivity contribution >= 4 is 29.2 Å². The third-order valence-corrected chi connectivity index (χ3v) is 4.53. The number of para-hydroxylation sites is 2. The second-order valence-electron chi connectivity index (χ2n) is 6.92. The Kier molecular flexibility index (Phi) is 8.45. The number of amides is 2. The summed E-state index contributed by atoms with van der Waals surface area (Å²) in [5.41, 5.74) is 1.29. The highest BCUT2D eigenvalue weighted by atomic mass is 16.5. The molecule has 0 aliphatic heterocycles. The van der Waals surface area contributed by atoms with Gasteiger partial charge in [-0.1, -0.05) is 18.2 Å². The molecule has 3 aromatic rings. The van der Waals surface area contributed by atoms with Crippen LogP contribution in [0.1, 0.15) is 10.4 Å². The van der Waals surface area contributed by atoms with Gasteiger partial charge in [0, 0.05) is 11.8 Å². The van der Waals surface area contributed by atoms with E-state index in [0.717, 1.165) is 0 Å². The van der Waals surface area contributed by atoms with Crippen LogP contribution in [0.5, 0.6) is 17.2 Å². The van der Waals surface area contributed by atoms with Crippen LogP contribution < -0.4 is 24.8 Å². The number of methoxy groups -OCH3 is 2. The summed E-state index contributed by atoms with van der Waals surface area (Å²) in [5.74, 6) is -0.00480. The minimum Gasteiger partial charge on any atom is -0.497 e. The van der Waals surface area contributed by atoms with Crippen molar-refractivity contribution in [3.63, 3.8) is 0 Å². The number of hydrogen-bond acceptors (Lipinski definition) is 7. The van der Waals surface area contributed by atoms with Crippen LogP contribution in [0.4, 0.5) is 11.4 Å². The van der Waals surface area contributed by atoms with Gasteiger partial charge in [0.25, 0.3) is 11.8 Å². The summed E-state index contributed by atoms with van der Waals surface area (Å²) in [7, 11) is 3.03. The molecule has 0 spiro atoms. The fraction of sp³-hybridized carbons (Fsp3) is 0.160. The fourth-order valence-electron chi connectivity index (χ4n) is 2.88. The van der Waals surface area contributed by atoms with E-state index in [4.69, 9.17) is 18.9 Å². The lowest BCUT2D eigenvalue weighted by molar-refractivity contribution is -0.119. The molecular formula is C25H24N2O7. The van der Waals surface area contributed by atoms with E-state index in [1.807, 2.05) is 0 Å². The van der Waals surface area contributed by atoms with Crippen LogP contribution in [0.15, 0.2) is 72.8 Å². The van der Waals surface area contributed by atoms with Crippen molar-refractivity contribution in [2.75, 3.05) is 38.1 Å². The Morgan fingerprint density at radius 3 is 2.21 bits per heavy atom. The standard InChI is InChI=1S/C25H24N2O7/c1-31-20-7-5-6-18(14-20)26-23(28)15-33-19-12-10-17(11-13-19)25(30)34-16-24(29)27-21-8-3-4-9-22(21)32-2/h3-14H,15-16H2,1-2H3,(H,26,28)(H,27,29). The predicted octanol–water partition coefficient (Wildman–Crippen LogP) is 3.52. The van der Waals surface area contributed by atoms with E-state index in [9.17, 15) is 14.4 Å². The molecule has 0 saturated carbocycles. The van der Waals surface area contributed by atoms with Crippen LogP contribution in [0.25, 0.3) is 0 Å². The quantitative estimate of drug-likeness (QED) is 0.442. The van der Waals surface area contributed by atoms with Gasteiger partial charge in [-0.3, -0.25) is 9.59 Å². The Hall–Kier alpha value is -4.53. The summed E-state index contributed by atoms with van der Waals surface area (Å²) >= 11 is 0. The SMILES string of the molecule is COc1cccc(NC(=O)COc2ccc(C(=O)OCC(=O)Nc3ccccc3OC)cc2)c1. The molecule has 0 saturated heterocycles. The average Bonchev–Trinajstić information content (AvgIpc) is 2.86. The Morgan fingerprint density at radius 1 is 0.735 bits per heavy atom. The van der Waals surface area contributed by atoms with E-state index in [1.165, 1.54) is 31.4 Å². The predicted molar refractivity (Wildman–Crippen MR) is 125 cm³/mol. The average molecular weight is 464 g/mol. The molecule has 0 aliphatic carbocycles. The number of carbonyl (C=O) groups excluding carboxylic acids is 3. The van der Waals surface area contributed by atoms with Gasteiger partial charge in [0.15, 0.2) is 13.2 Å². The van der Waals surface area contributed by atoms with Crippen LogP contribution in [-0.2, 0) is 14.3 Å². The third kappa shape index (κ3) is 6.99. The zero-order valence-corrected chi connectivity index (χ0v) is 18.7. The maximum absolute atomic E-state index is 12.2. The van der Waals surface area contributed by atoms with Gasteiger partial charge in [0.2, 0.25) is 0 Å². The number of nitrogens with one attached hydrogen (secondary N) is 2. The number of ether oxygens (including phenoxy) is 4. The molecule has 2 N–H and O–H groups in total. The Morgan fingerprint density at radius 2 is 1.47 bits per heavy atom. The molecule has 0 bridgehead atoms. The number of carbonyl (C=O) groups is 3. The molecule has 0 heterocycles. The van der Waals surface area contributed by atoms with Gasteiger partial charge in [0.1, 0.15) is 17.2 Å². The molecule has 9 nitrogen and oxygen atoms in total. The van der Waals surface area contributed by atoms with Gasteiger partial charge in [-0.25, -0.2) is 4.79 Å². The van der Waals surface area contributed by atoms with Gasteiger partial charge >= 0.3 is 5.97 Å². The fourth-order valence-corrected chi connectivity index (χ4v) is 2.88. The monoisotopic (exact) mass is 464 g/mol. The zero-order chi connectivity index (χ0) is 24.3. The minimum atomic E-state index is -0.669. The molecule has 0 fully saturated rings. The molecular weight excluding hydrogens is 440 g/mol. The van der Waals surface area contributed by atoms with Crippen molar-refractivity contribution in [3.8, 4) is 17.2 Å². The largest absolute Gasteiger partial charge is 0.497 e. The first-order valence-corrected chi connectivity index (χ1v) is 10.2. The lowest BCUT2D eigenvalue weighted by Gasteiger charge is -2.10. The van der Waals surface area contributed by atoms with Gasteiger partial charge in [-0.05, 0) is 48.5 Å². The zero-order valence-electron chi connectivity index (χ0n) is 18.7. The second-order valence-corrected chi connectivity index (χ2v) is 6.92. The summed E-state index contributed by atoms with van der Waals surface area (Å²) in [4.78, 5) is 36.4. The maximum Gasteiger partial charge on any atom is 0.338 e. The molecule has 176 valence electrons. The highest BCUT2D eigenvalue weighted by molar-refractivity contribution is 5.96. The number of anilines is 2. The summed E-state index contributed by atoms with van der Waals surface area (Å²) < 4.78 is 20.8. The van der Waals surface area contributed by atoms with Crippen LogP contribution in [-0.4, -0.2) is 45.2 Å². The minimum absolute atomic E-state index is 0.218. The van der Waals surface area contributed by atoms with E-state index in [0.29, 0.717) is 28.6 Å². The van der Waals surface area contributed by atoms with E-state index in [2.05, 4.69) is 10.6 Å². The number of hydrogen-bond donors (Lipinski definition) is 2. The first-order valence-electron chi connectivity index (χ1n) is 10.2. The third-order valence-electron chi connectivity index (χ3n) is 4.53. The topological polar surface area (TPSA) is 112 Å². The van der Waals surface area contributed by atoms with Gasteiger partial charge in [0.05, 0.1) is 25.5 Å². The molecule has 0 atom stereocenters. The molecule has 0 radical (unpaired) electrons. The van der Waals surface area contributed by atoms with E-state index < -0.39 is 18.5 Å². The number of rotatable bonds is 10. The highest BCUT2D eigenvalue weighted by Gasteiger charge is 2.12. The highest BCUT2D eigenvalue weighted by Crippen LogP contribution is 2.23. The summed E-state index contributed by atoms with van der Waals surface area (Å²) in [6, 6.07) is 19.9. The van der Waals surface area contributed by atoms with E-state index in [-0.39, 0.29) is 18.1 Å². The van der Waals surface area contributed by atoms with Gasteiger partial charge in [-0.15, -0.1) is 0 Å². The van der Waals surface area contributed by atoms with Crippen molar-refractivity contribution in [3.05, 3.63) is 78.4 Å². The van der Waals surface area contributed by atoms with Crippen molar-refractivity contribution in [1.82, 2.24) is 0 Å². The van der Waals surface area contributed by atoms with Crippen LogP contribution >= 0.6 is 0 Å². The number of benzene rings is 3. The Bertz CT molecular complexity index is 1150. The molecule has 3 aromatic carbocycles. The van der Waals surface area contributed by atoms with Crippen molar-refractivity contribution in [2.45, 2.75) is 0 Å². The molecule has 0 aromatic heterocycles. The van der Waals surface area contributed by atoms with Crippen molar-refractivity contribution in [1.29, 1.82) is 0 Å². The Balaban J connectivity index is 1.44. The molecule has 3 rings (SSSR count). The molecule has 34 heavy (non-hydrogen) atoms. The lowest BCUT2D eigenvalue weighted by atomic mass is 10.2. The van der Waals surface area contributed by atoms with Crippen LogP contribution in [0.2, 0.25) is 0 Å². The molecule has 0 unspecified atom stereocenters. The number of esters is 1. The smallest absolute Gasteiger partial charge is 0.338 e. The van der Waals surface area contributed by atoms with E-state index >= 15 is 0 Å². The summed E-state index contributed by atoms with van der Waals surface area (Å²) in [6.45, 7) is -0.677. The van der Waals surface area contributed by atoms with Crippen molar-refractivity contribution < 1.29 is 33.3 Å². The van der Waals surface area contributed by atoms with Crippen LogP contribution in [0.3, 0.4) is 0 Å². The molecule has 2 amide bonds.